The van der Waals surface area contributed by atoms with Crippen LogP contribution in [-0.2, 0) is 14.3 Å². The van der Waals surface area contributed by atoms with Crippen molar-refractivity contribution >= 4 is 29.1 Å². The predicted octanol–water partition coefficient (Wildman–Crippen LogP) is 4.13. The van der Waals surface area contributed by atoms with Crippen LogP contribution in [0.2, 0.25) is 0 Å². The average Bonchev–Trinajstić information content (AvgIpc) is 3.16. The van der Waals surface area contributed by atoms with Gasteiger partial charge in [-0.2, -0.15) is 0 Å². The molecule has 3 heterocycles. The monoisotopic (exact) mass is 498 g/mol. The molecular weight excluding hydrogens is 472 g/mol. The quantitative estimate of drug-likeness (QED) is 0.573. The average molecular weight is 499 g/mol. The normalized spacial score (nSPS) is 25.7. The van der Waals surface area contributed by atoms with Crippen LogP contribution in [0, 0.1) is 12.8 Å². The first kappa shape index (κ1) is 23.5. The molecule has 5 rings (SSSR count). The fourth-order valence-corrected chi connectivity index (χ4v) is 5.60. The molecule has 1 saturated carbocycles. The number of aryl methyl sites for hydroxylation is 1. The highest BCUT2D eigenvalue weighted by Gasteiger charge is 2.53. The summed E-state index contributed by atoms with van der Waals surface area (Å²) in [4.78, 5) is 33.7. The zero-order chi connectivity index (χ0) is 24.9. The lowest BCUT2D eigenvalue weighted by atomic mass is 9.77. The summed E-state index contributed by atoms with van der Waals surface area (Å²) in [6.45, 7) is 1.92. The first-order chi connectivity index (χ1) is 16.9. The molecule has 3 aliphatic rings. The van der Waals surface area contributed by atoms with Crippen molar-refractivity contribution in [3.63, 3.8) is 0 Å². The van der Waals surface area contributed by atoms with Crippen molar-refractivity contribution in [2.75, 3.05) is 26.2 Å². The Kier molecular flexibility index (Phi) is 6.09. The van der Waals surface area contributed by atoms with E-state index in [-0.39, 0.29) is 23.0 Å². The number of hydrogen-bond acceptors (Lipinski definition) is 7. The summed E-state index contributed by atoms with van der Waals surface area (Å²) in [5.41, 5.74) is 1.87. The van der Waals surface area contributed by atoms with E-state index in [1.54, 1.807) is 18.3 Å². The van der Waals surface area contributed by atoms with Gasteiger partial charge in [-0.15, -0.1) is 11.6 Å². The minimum Gasteiger partial charge on any atom is -0.493 e. The minimum atomic E-state index is -0.773. The number of benzene rings is 1. The Hall–Kier alpha value is -3.26. The number of carbonyl (C=O) groups is 2. The molecule has 4 atom stereocenters. The number of rotatable bonds is 5. The fraction of sp³-hybridized carbons (Fsp3) is 0.423. The van der Waals surface area contributed by atoms with Crippen LogP contribution in [0.3, 0.4) is 0 Å². The zero-order valence-corrected chi connectivity index (χ0v) is 20.8. The molecular formula is C26H27ClN2O6. The summed E-state index contributed by atoms with van der Waals surface area (Å²) in [6, 6.07) is 6.39. The maximum Gasteiger partial charge on any atom is 0.295 e. The fourth-order valence-electron chi connectivity index (χ4n) is 5.28. The molecule has 8 nitrogen and oxygen atoms in total. The molecule has 9 heteroatoms. The number of pyridine rings is 1. The molecule has 0 N–H and O–H groups in total. The molecule has 4 unspecified atom stereocenters. The van der Waals surface area contributed by atoms with E-state index in [4.69, 9.17) is 30.5 Å². The van der Waals surface area contributed by atoms with Crippen LogP contribution in [0.5, 0.6) is 17.2 Å². The standard InChI is InChI=1S/C26H27ClN2O6/c1-13-7-8-28-20(9-13)29-22(14-10-18(32-2)24(34-4)19(11-14)33-3)21-23(30)16-12-15(27)5-6-17(16)35-25(21)26(29)31/h7-11,15-17,22H,5-6,12H2,1-4H3. The van der Waals surface area contributed by atoms with Gasteiger partial charge < -0.3 is 18.9 Å². The van der Waals surface area contributed by atoms with Gasteiger partial charge in [-0.25, -0.2) is 4.98 Å². The van der Waals surface area contributed by atoms with Gasteiger partial charge in [0.1, 0.15) is 11.9 Å². The molecule has 0 radical (unpaired) electrons. The van der Waals surface area contributed by atoms with E-state index in [2.05, 4.69) is 4.98 Å². The smallest absolute Gasteiger partial charge is 0.295 e. The third kappa shape index (κ3) is 3.80. The van der Waals surface area contributed by atoms with Crippen molar-refractivity contribution in [2.45, 2.75) is 43.7 Å². The molecule has 35 heavy (non-hydrogen) atoms. The van der Waals surface area contributed by atoms with Gasteiger partial charge in [-0.05, 0) is 61.6 Å². The topological polar surface area (TPSA) is 87.2 Å². The SMILES string of the molecule is COc1cc(C2C3=C(OC4CCC(Cl)CC4C3=O)C(=O)N2c2cc(C)ccn2)cc(OC)c1OC. The Labute approximate surface area is 208 Å². The number of ketones is 1. The van der Waals surface area contributed by atoms with Gasteiger partial charge in [0.15, 0.2) is 23.0 Å². The number of alkyl halides is 1. The van der Waals surface area contributed by atoms with E-state index in [1.165, 1.54) is 26.2 Å². The molecule has 0 saturated heterocycles. The number of nitrogens with zero attached hydrogens (tertiary/aromatic N) is 2. The van der Waals surface area contributed by atoms with E-state index in [0.29, 0.717) is 47.0 Å². The highest BCUT2D eigenvalue weighted by Crippen LogP contribution is 2.50. The van der Waals surface area contributed by atoms with Gasteiger partial charge in [0.25, 0.3) is 5.91 Å². The van der Waals surface area contributed by atoms with Crippen molar-refractivity contribution in [3.8, 4) is 17.2 Å². The summed E-state index contributed by atoms with van der Waals surface area (Å²) >= 11 is 6.42. The molecule has 2 aromatic rings. The van der Waals surface area contributed by atoms with Gasteiger partial charge >= 0.3 is 0 Å². The zero-order valence-electron chi connectivity index (χ0n) is 20.0. The first-order valence-electron chi connectivity index (χ1n) is 11.5. The van der Waals surface area contributed by atoms with Crippen molar-refractivity contribution in [2.24, 2.45) is 5.92 Å². The molecule has 0 spiro atoms. The second-order valence-electron chi connectivity index (χ2n) is 9.01. The van der Waals surface area contributed by atoms with Crippen molar-refractivity contribution < 1.29 is 28.5 Å². The van der Waals surface area contributed by atoms with Gasteiger partial charge in [-0.1, -0.05) is 0 Å². The number of fused-ring (bicyclic) bond motifs is 1. The lowest BCUT2D eigenvalue weighted by Crippen LogP contribution is -2.41. The highest BCUT2D eigenvalue weighted by atomic mass is 35.5. The Morgan fingerprint density at radius 2 is 1.77 bits per heavy atom. The molecule has 1 aromatic heterocycles. The van der Waals surface area contributed by atoms with Crippen molar-refractivity contribution in [1.29, 1.82) is 0 Å². The Balaban J connectivity index is 1.71. The maximum absolute atomic E-state index is 13.9. The third-order valence-electron chi connectivity index (χ3n) is 6.93. The number of anilines is 1. The summed E-state index contributed by atoms with van der Waals surface area (Å²) in [5, 5.41) is -0.0998. The summed E-state index contributed by atoms with van der Waals surface area (Å²) in [5.74, 6) is 0.875. The lowest BCUT2D eigenvalue weighted by Gasteiger charge is -2.37. The number of methoxy groups -OCH3 is 3. The first-order valence-corrected chi connectivity index (χ1v) is 12.0. The van der Waals surface area contributed by atoms with Crippen LogP contribution in [0.25, 0.3) is 0 Å². The summed E-state index contributed by atoms with van der Waals surface area (Å²) in [7, 11) is 4.56. The number of hydrogen-bond donors (Lipinski definition) is 0. The van der Waals surface area contributed by atoms with E-state index >= 15 is 0 Å². The highest BCUT2D eigenvalue weighted by molar-refractivity contribution is 6.21. The number of carbonyl (C=O) groups excluding carboxylic acids is 2. The minimum absolute atomic E-state index is 0.0892. The summed E-state index contributed by atoms with van der Waals surface area (Å²) in [6.07, 6.45) is 3.17. The van der Waals surface area contributed by atoms with E-state index < -0.39 is 17.9 Å². The van der Waals surface area contributed by atoms with Crippen LogP contribution in [0.15, 0.2) is 41.8 Å². The maximum atomic E-state index is 13.9. The molecule has 0 bridgehead atoms. The van der Waals surface area contributed by atoms with Crippen LogP contribution < -0.4 is 19.1 Å². The van der Waals surface area contributed by atoms with Crippen LogP contribution in [-0.4, -0.2) is 49.5 Å². The predicted molar refractivity (Wildman–Crippen MR) is 129 cm³/mol. The largest absolute Gasteiger partial charge is 0.493 e. The Morgan fingerprint density at radius 1 is 1.06 bits per heavy atom. The van der Waals surface area contributed by atoms with Crippen LogP contribution >= 0.6 is 11.6 Å². The molecule has 1 fully saturated rings. The van der Waals surface area contributed by atoms with Gasteiger partial charge in [0, 0.05) is 11.6 Å². The lowest BCUT2D eigenvalue weighted by molar-refractivity contribution is -0.131. The van der Waals surface area contributed by atoms with Crippen LogP contribution in [0.4, 0.5) is 5.82 Å². The van der Waals surface area contributed by atoms with Gasteiger partial charge in [0.05, 0.1) is 38.9 Å². The van der Waals surface area contributed by atoms with E-state index in [9.17, 15) is 9.59 Å². The number of amides is 1. The summed E-state index contributed by atoms with van der Waals surface area (Å²) < 4.78 is 22.8. The molecule has 184 valence electrons. The molecule has 1 aromatic carbocycles. The van der Waals surface area contributed by atoms with E-state index in [0.717, 1.165) is 12.0 Å². The van der Waals surface area contributed by atoms with Crippen molar-refractivity contribution in [3.05, 3.63) is 52.9 Å². The Morgan fingerprint density at radius 3 is 2.40 bits per heavy atom. The van der Waals surface area contributed by atoms with Gasteiger partial charge in [-0.3, -0.25) is 14.5 Å². The molecule has 2 aliphatic heterocycles. The second-order valence-corrected chi connectivity index (χ2v) is 9.63. The number of Topliss-reactive ketones (excluding diaryl/α,β-unsaturated/α-hetero) is 1. The Bertz CT molecular complexity index is 1200. The number of ether oxygens (including phenoxy) is 4. The van der Waals surface area contributed by atoms with Crippen molar-refractivity contribution in [1.82, 2.24) is 4.98 Å². The van der Waals surface area contributed by atoms with Crippen LogP contribution in [0.1, 0.15) is 36.4 Å². The number of aromatic nitrogens is 1. The number of halogens is 1. The third-order valence-corrected chi connectivity index (χ3v) is 7.33. The molecule has 1 aliphatic carbocycles. The molecule has 1 amide bonds. The van der Waals surface area contributed by atoms with E-state index in [1.807, 2.05) is 19.1 Å². The second kappa shape index (κ2) is 9.07. The van der Waals surface area contributed by atoms with Gasteiger partial charge in [0.2, 0.25) is 5.75 Å².